The van der Waals surface area contributed by atoms with E-state index in [9.17, 15) is 9.59 Å². The van der Waals surface area contributed by atoms with Crippen molar-refractivity contribution in [1.82, 2.24) is 14.9 Å². The van der Waals surface area contributed by atoms with Crippen molar-refractivity contribution in [1.29, 1.82) is 0 Å². The number of nitrogens with zero attached hydrogens (tertiary/aromatic N) is 5. The number of fused-ring (bicyclic) bond motifs is 1. The second kappa shape index (κ2) is 11.7. The Labute approximate surface area is 224 Å². The van der Waals surface area contributed by atoms with Crippen LogP contribution in [-0.2, 0) is 9.53 Å². The van der Waals surface area contributed by atoms with Gasteiger partial charge in [-0.1, -0.05) is 6.92 Å². The number of piperidine rings is 1. The molecule has 11 nitrogen and oxygen atoms in total. The van der Waals surface area contributed by atoms with Crippen molar-refractivity contribution in [2.24, 2.45) is 0 Å². The fourth-order valence-electron chi connectivity index (χ4n) is 5.10. The highest BCUT2D eigenvalue weighted by Gasteiger charge is 2.38. The first-order valence-corrected chi connectivity index (χ1v) is 13.3. The normalized spacial score (nSPS) is 17.9. The maximum atomic E-state index is 12.9. The summed E-state index contributed by atoms with van der Waals surface area (Å²) in [6.45, 7) is 9.68. The molecule has 1 fully saturated rings. The van der Waals surface area contributed by atoms with Gasteiger partial charge in [0.25, 0.3) is 0 Å². The lowest BCUT2D eigenvalue weighted by Gasteiger charge is -2.42. The number of hydrogen-bond donors (Lipinski definition) is 2. The quantitative estimate of drug-likeness (QED) is 0.523. The van der Waals surface area contributed by atoms with Crippen LogP contribution in [0.3, 0.4) is 0 Å². The fourth-order valence-corrected chi connectivity index (χ4v) is 5.10. The summed E-state index contributed by atoms with van der Waals surface area (Å²) in [5.41, 5.74) is 2.36. The molecule has 2 N–H and O–H groups in total. The molecular weight excluding hydrogens is 486 g/mol. The van der Waals surface area contributed by atoms with Gasteiger partial charge in [-0.25, -0.2) is 9.78 Å². The first-order chi connectivity index (χ1) is 18.3. The summed E-state index contributed by atoms with van der Waals surface area (Å²) in [4.78, 5) is 39.6. The first kappa shape index (κ1) is 27.3. The van der Waals surface area contributed by atoms with Gasteiger partial charge in [-0.05, 0) is 52.2 Å². The number of aromatic nitrogens is 2. The van der Waals surface area contributed by atoms with Crippen LogP contribution in [0.4, 0.5) is 33.6 Å². The Morgan fingerprint density at radius 2 is 1.95 bits per heavy atom. The zero-order chi connectivity index (χ0) is 27.4. The number of carbonyl (C=O) groups excluding carboxylic acids is 2. The molecule has 0 aliphatic carbocycles. The molecule has 2 aliphatic heterocycles. The highest BCUT2D eigenvalue weighted by molar-refractivity contribution is 6.04. The Morgan fingerprint density at radius 3 is 2.58 bits per heavy atom. The third-order valence-corrected chi connectivity index (χ3v) is 7.09. The van der Waals surface area contributed by atoms with Gasteiger partial charge in [0.1, 0.15) is 17.5 Å². The SMILES string of the molecule is CCOC(=O)N1CCC(Nc2ccc(Nc3ncc4c(n3)N(C(C)C)[C@H](CC)C(=O)N4C)c(OC)c2)CC1. The third kappa shape index (κ3) is 5.56. The van der Waals surface area contributed by atoms with Gasteiger partial charge in [-0.15, -0.1) is 0 Å². The molecular formula is C27H39N7O4. The fraction of sp³-hybridized carbons (Fsp3) is 0.556. The molecule has 206 valence electrons. The monoisotopic (exact) mass is 525 g/mol. The summed E-state index contributed by atoms with van der Waals surface area (Å²) in [6.07, 6.45) is 3.82. The minimum atomic E-state index is -0.265. The van der Waals surface area contributed by atoms with E-state index in [4.69, 9.17) is 14.5 Å². The van der Waals surface area contributed by atoms with Crippen LogP contribution in [-0.4, -0.2) is 78.8 Å². The van der Waals surface area contributed by atoms with Crippen molar-refractivity contribution in [2.75, 3.05) is 54.3 Å². The summed E-state index contributed by atoms with van der Waals surface area (Å²) in [7, 11) is 3.40. The molecule has 0 bridgehead atoms. The molecule has 0 unspecified atom stereocenters. The zero-order valence-electron chi connectivity index (χ0n) is 23.2. The topological polar surface area (TPSA) is 112 Å². The number of nitrogens with one attached hydrogen (secondary N) is 2. The summed E-state index contributed by atoms with van der Waals surface area (Å²) in [6, 6.07) is 5.95. The lowest BCUT2D eigenvalue weighted by molar-refractivity contribution is -0.120. The van der Waals surface area contributed by atoms with Crippen LogP contribution in [0.15, 0.2) is 24.4 Å². The predicted octanol–water partition coefficient (Wildman–Crippen LogP) is 4.23. The van der Waals surface area contributed by atoms with E-state index >= 15 is 0 Å². The van der Waals surface area contributed by atoms with Gasteiger partial charge in [0.05, 0.1) is 25.6 Å². The van der Waals surface area contributed by atoms with Gasteiger partial charge in [0, 0.05) is 44.0 Å². The number of likely N-dealkylation sites (N-methyl/N-ethyl adjacent to an activating group) is 1. The van der Waals surface area contributed by atoms with Crippen LogP contribution >= 0.6 is 0 Å². The smallest absolute Gasteiger partial charge is 0.409 e. The Hall–Kier alpha value is -3.76. The molecule has 1 aromatic carbocycles. The van der Waals surface area contributed by atoms with E-state index in [1.54, 1.807) is 30.2 Å². The largest absolute Gasteiger partial charge is 0.494 e. The summed E-state index contributed by atoms with van der Waals surface area (Å²) < 4.78 is 10.8. The summed E-state index contributed by atoms with van der Waals surface area (Å²) in [5, 5.41) is 6.85. The van der Waals surface area contributed by atoms with Gasteiger partial charge >= 0.3 is 6.09 Å². The Bertz CT molecular complexity index is 1150. The van der Waals surface area contributed by atoms with Crippen molar-refractivity contribution in [2.45, 2.75) is 65.1 Å². The first-order valence-electron chi connectivity index (χ1n) is 13.3. The Morgan fingerprint density at radius 1 is 1.21 bits per heavy atom. The summed E-state index contributed by atoms with van der Waals surface area (Å²) >= 11 is 0. The van der Waals surface area contributed by atoms with Crippen molar-refractivity contribution in [3.63, 3.8) is 0 Å². The van der Waals surface area contributed by atoms with Gasteiger partial charge in [0.15, 0.2) is 5.82 Å². The lowest BCUT2D eigenvalue weighted by Crippen LogP contribution is -2.54. The highest BCUT2D eigenvalue weighted by Crippen LogP contribution is 2.37. The van der Waals surface area contributed by atoms with Gasteiger partial charge in [-0.3, -0.25) is 4.79 Å². The standard InChI is InChI=1S/C27H39N7O4/c1-7-21-25(35)32(5)22-16-28-26(31-24(22)34(21)17(3)4)30-20-10-9-19(15-23(20)37-6)29-18-11-13-33(14-12-18)27(36)38-8-2/h9-10,15-18,21,29H,7-8,11-14H2,1-6H3,(H,28,30,31)/t21-/m1/s1. The molecule has 0 radical (unpaired) electrons. The van der Waals surface area contributed by atoms with E-state index in [1.807, 2.05) is 32.0 Å². The third-order valence-electron chi connectivity index (χ3n) is 7.09. The van der Waals surface area contributed by atoms with E-state index in [0.29, 0.717) is 43.5 Å². The number of hydrogen-bond acceptors (Lipinski definition) is 9. The number of anilines is 5. The number of benzene rings is 1. The molecule has 2 aromatic rings. The molecule has 0 spiro atoms. The summed E-state index contributed by atoms with van der Waals surface area (Å²) in [5.74, 6) is 1.87. The van der Waals surface area contributed by atoms with Crippen molar-refractivity contribution in [3.8, 4) is 5.75 Å². The maximum absolute atomic E-state index is 12.9. The van der Waals surface area contributed by atoms with E-state index in [2.05, 4.69) is 34.4 Å². The van der Waals surface area contributed by atoms with Gasteiger partial charge in [0.2, 0.25) is 11.9 Å². The molecule has 3 heterocycles. The average Bonchev–Trinajstić information content (AvgIpc) is 2.91. The van der Waals surface area contributed by atoms with Crippen LogP contribution in [0.1, 0.15) is 47.0 Å². The molecule has 2 amide bonds. The number of rotatable bonds is 8. The highest BCUT2D eigenvalue weighted by atomic mass is 16.6. The second-order valence-corrected chi connectivity index (χ2v) is 9.87. The van der Waals surface area contributed by atoms with Crippen LogP contribution in [0.2, 0.25) is 0 Å². The molecule has 1 saturated heterocycles. The molecule has 2 aliphatic rings. The van der Waals surface area contributed by atoms with Crippen molar-refractivity contribution >= 4 is 40.8 Å². The van der Waals surface area contributed by atoms with Crippen LogP contribution in [0.25, 0.3) is 0 Å². The molecule has 38 heavy (non-hydrogen) atoms. The molecule has 4 rings (SSSR count). The predicted molar refractivity (Wildman–Crippen MR) is 149 cm³/mol. The minimum Gasteiger partial charge on any atom is -0.494 e. The molecule has 0 saturated carbocycles. The van der Waals surface area contributed by atoms with Crippen molar-refractivity contribution in [3.05, 3.63) is 24.4 Å². The van der Waals surface area contributed by atoms with E-state index < -0.39 is 0 Å². The van der Waals surface area contributed by atoms with Crippen LogP contribution in [0, 0.1) is 0 Å². The molecule has 1 atom stereocenters. The van der Waals surface area contributed by atoms with Crippen molar-refractivity contribution < 1.29 is 19.1 Å². The van der Waals surface area contributed by atoms with Gasteiger partial charge < -0.3 is 34.8 Å². The lowest BCUT2D eigenvalue weighted by atomic mass is 10.0. The zero-order valence-corrected chi connectivity index (χ0v) is 23.2. The number of methoxy groups -OCH3 is 1. The Kier molecular flexibility index (Phi) is 8.43. The van der Waals surface area contributed by atoms with E-state index in [1.165, 1.54) is 0 Å². The minimum absolute atomic E-state index is 0.0503. The van der Waals surface area contributed by atoms with E-state index in [-0.39, 0.29) is 30.1 Å². The molecule has 1 aromatic heterocycles. The number of ether oxygens (including phenoxy) is 2. The second-order valence-electron chi connectivity index (χ2n) is 9.87. The van der Waals surface area contributed by atoms with E-state index in [0.717, 1.165) is 30.0 Å². The van der Waals surface area contributed by atoms with Crippen LogP contribution < -0.4 is 25.2 Å². The average molecular weight is 526 g/mol. The van der Waals surface area contributed by atoms with Gasteiger partial charge in [-0.2, -0.15) is 4.98 Å². The Balaban J connectivity index is 1.48. The number of amides is 2. The molecule has 11 heteroatoms. The maximum Gasteiger partial charge on any atom is 0.409 e. The number of carbonyl (C=O) groups is 2. The van der Waals surface area contributed by atoms with Crippen LogP contribution in [0.5, 0.6) is 5.75 Å². The number of likely N-dealkylation sites (tertiary alicyclic amines) is 1.